The van der Waals surface area contributed by atoms with E-state index in [1.807, 2.05) is 12.3 Å². The molecule has 0 aromatic carbocycles. The maximum Gasteiger partial charge on any atom is 0.220 e. The van der Waals surface area contributed by atoms with Crippen molar-refractivity contribution in [1.82, 2.24) is 10.3 Å². The molecular formula is C12H21N3OS. The number of nitrogens with two attached hydrogens (primary N) is 1. The molecule has 5 heteroatoms. The molecular weight excluding hydrogens is 234 g/mol. The number of nitrogens with one attached hydrogen (secondary N) is 1. The lowest BCUT2D eigenvalue weighted by molar-refractivity contribution is -0.123. The van der Waals surface area contributed by atoms with Gasteiger partial charge in [0.05, 0.1) is 16.7 Å². The summed E-state index contributed by atoms with van der Waals surface area (Å²) in [6.45, 7) is 6.56. The molecule has 0 saturated carbocycles. The second-order valence-electron chi connectivity index (χ2n) is 4.80. The van der Waals surface area contributed by atoms with Crippen molar-refractivity contribution >= 4 is 17.2 Å². The van der Waals surface area contributed by atoms with Crippen molar-refractivity contribution < 1.29 is 4.79 Å². The average molecular weight is 255 g/mol. The van der Waals surface area contributed by atoms with Gasteiger partial charge >= 0.3 is 0 Å². The molecule has 4 nitrogen and oxygen atoms in total. The number of nitrogens with zero attached hydrogens (tertiary/aromatic N) is 1. The van der Waals surface area contributed by atoms with Crippen LogP contribution in [0.3, 0.4) is 0 Å². The van der Waals surface area contributed by atoms with Crippen LogP contribution in [0.2, 0.25) is 0 Å². The Labute approximate surface area is 107 Å². The largest absolute Gasteiger partial charge is 0.349 e. The Morgan fingerprint density at radius 3 is 2.82 bits per heavy atom. The minimum absolute atomic E-state index is 0.0413. The van der Waals surface area contributed by atoms with E-state index in [2.05, 4.69) is 24.1 Å². The molecule has 96 valence electrons. The number of thiazole rings is 1. The van der Waals surface area contributed by atoms with E-state index in [0.29, 0.717) is 25.3 Å². The first-order valence-electron chi connectivity index (χ1n) is 5.86. The molecule has 1 aromatic heterocycles. The predicted octanol–water partition coefficient (Wildman–Crippen LogP) is 1.57. The number of aromatic nitrogens is 1. The predicted molar refractivity (Wildman–Crippen MR) is 70.9 cm³/mol. The Balaban J connectivity index is 2.43. The number of carbonyl (C=O) groups is 1. The third-order valence-corrected chi connectivity index (χ3v) is 3.85. The van der Waals surface area contributed by atoms with E-state index in [9.17, 15) is 4.79 Å². The van der Waals surface area contributed by atoms with Crippen LogP contribution >= 0.6 is 11.3 Å². The highest BCUT2D eigenvalue weighted by molar-refractivity contribution is 7.07. The molecule has 17 heavy (non-hydrogen) atoms. The van der Waals surface area contributed by atoms with E-state index in [1.54, 1.807) is 16.8 Å². The lowest BCUT2D eigenvalue weighted by Crippen LogP contribution is -2.55. The maximum atomic E-state index is 11.8. The Bertz CT molecular complexity index is 351. The minimum atomic E-state index is -0.320. The van der Waals surface area contributed by atoms with E-state index in [1.165, 1.54) is 0 Å². The monoisotopic (exact) mass is 255 g/mol. The molecule has 1 amide bonds. The van der Waals surface area contributed by atoms with Crippen molar-refractivity contribution in [2.45, 2.75) is 39.2 Å². The summed E-state index contributed by atoms with van der Waals surface area (Å²) in [5.74, 6) is 0.357. The maximum absolute atomic E-state index is 11.8. The molecule has 0 saturated heterocycles. The number of amides is 1. The fourth-order valence-electron chi connectivity index (χ4n) is 1.41. The van der Waals surface area contributed by atoms with E-state index < -0.39 is 0 Å². The van der Waals surface area contributed by atoms with Gasteiger partial charge in [-0.25, -0.2) is 4.98 Å². The van der Waals surface area contributed by atoms with E-state index >= 15 is 0 Å². The van der Waals surface area contributed by atoms with Crippen LogP contribution in [0, 0.1) is 5.92 Å². The third kappa shape index (κ3) is 4.09. The second-order valence-corrected chi connectivity index (χ2v) is 5.52. The fraction of sp³-hybridized carbons (Fsp3) is 0.667. The first kappa shape index (κ1) is 14.1. The van der Waals surface area contributed by atoms with Gasteiger partial charge in [0.15, 0.2) is 0 Å². The Morgan fingerprint density at radius 2 is 2.35 bits per heavy atom. The van der Waals surface area contributed by atoms with Crippen LogP contribution in [0.15, 0.2) is 10.9 Å². The highest BCUT2D eigenvalue weighted by Gasteiger charge is 2.28. The topological polar surface area (TPSA) is 68.0 Å². The van der Waals surface area contributed by atoms with Gasteiger partial charge in [0, 0.05) is 18.3 Å². The van der Waals surface area contributed by atoms with Crippen LogP contribution in [0.4, 0.5) is 0 Å². The molecule has 0 unspecified atom stereocenters. The van der Waals surface area contributed by atoms with Crippen molar-refractivity contribution in [3.63, 3.8) is 0 Å². The van der Waals surface area contributed by atoms with Crippen LogP contribution in [0.1, 0.15) is 32.9 Å². The zero-order valence-electron chi connectivity index (χ0n) is 10.7. The zero-order chi connectivity index (χ0) is 12.9. The Morgan fingerprint density at radius 1 is 1.65 bits per heavy atom. The van der Waals surface area contributed by atoms with Crippen LogP contribution in [-0.4, -0.2) is 23.0 Å². The molecule has 1 aromatic rings. The lowest BCUT2D eigenvalue weighted by Gasteiger charge is -2.33. The van der Waals surface area contributed by atoms with E-state index in [-0.39, 0.29) is 11.4 Å². The fourth-order valence-corrected chi connectivity index (χ4v) is 2.01. The van der Waals surface area contributed by atoms with Gasteiger partial charge in [-0.1, -0.05) is 13.8 Å². The molecule has 0 radical (unpaired) electrons. The molecule has 0 spiro atoms. The second kappa shape index (κ2) is 6.12. The summed E-state index contributed by atoms with van der Waals surface area (Å²) in [6.07, 6.45) is 1.15. The summed E-state index contributed by atoms with van der Waals surface area (Å²) >= 11 is 1.55. The van der Waals surface area contributed by atoms with E-state index in [4.69, 9.17) is 5.73 Å². The molecule has 0 fully saturated rings. The molecule has 0 aliphatic rings. The summed E-state index contributed by atoms with van der Waals surface area (Å²) in [4.78, 5) is 16.0. The van der Waals surface area contributed by atoms with Gasteiger partial charge in [0.2, 0.25) is 5.91 Å². The molecule has 1 heterocycles. The third-order valence-electron chi connectivity index (χ3n) is 3.21. The lowest BCUT2D eigenvalue weighted by atomic mass is 9.88. The quantitative estimate of drug-likeness (QED) is 0.810. The number of hydrogen-bond acceptors (Lipinski definition) is 4. The summed E-state index contributed by atoms with van der Waals surface area (Å²) in [7, 11) is 0. The first-order valence-corrected chi connectivity index (χ1v) is 6.80. The molecule has 1 rings (SSSR count). The SMILES string of the molecule is CC(C)[C@](C)(CN)NC(=O)CCc1cscn1. The highest BCUT2D eigenvalue weighted by atomic mass is 32.1. The van der Waals surface area contributed by atoms with Gasteiger partial charge in [-0.05, 0) is 19.3 Å². The molecule has 0 bridgehead atoms. The minimum Gasteiger partial charge on any atom is -0.349 e. The molecule has 3 N–H and O–H groups in total. The smallest absolute Gasteiger partial charge is 0.220 e. The van der Waals surface area contributed by atoms with Crippen molar-refractivity contribution in [2.24, 2.45) is 11.7 Å². The Hall–Kier alpha value is -0.940. The summed E-state index contributed by atoms with van der Waals surface area (Å²) in [6, 6.07) is 0. The number of aryl methyl sites for hydroxylation is 1. The normalized spacial score (nSPS) is 14.6. The van der Waals surface area contributed by atoms with Gasteiger partial charge in [-0.3, -0.25) is 4.79 Å². The van der Waals surface area contributed by atoms with Gasteiger partial charge in [-0.2, -0.15) is 0 Å². The molecule has 1 atom stereocenters. The van der Waals surface area contributed by atoms with Crippen LogP contribution in [0.25, 0.3) is 0 Å². The van der Waals surface area contributed by atoms with Crippen molar-refractivity contribution in [3.8, 4) is 0 Å². The first-order chi connectivity index (χ1) is 7.98. The van der Waals surface area contributed by atoms with Crippen LogP contribution in [0.5, 0.6) is 0 Å². The number of rotatable bonds is 6. The van der Waals surface area contributed by atoms with Crippen molar-refractivity contribution in [2.75, 3.05) is 6.54 Å². The Kier molecular flexibility index (Phi) is 5.08. The standard InChI is InChI=1S/C12H21N3OS/c1-9(2)12(3,7-13)15-11(16)5-4-10-6-17-8-14-10/h6,8-9H,4-5,7,13H2,1-3H3,(H,15,16)/t12-/m0/s1. The number of carbonyl (C=O) groups excluding carboxylic acids is 1. The van der Waals surface area contributed by atoms with Crippen molar-refractivity contribution in [1.29, 1.82) is 0 Å². The summed E-state index contributed by atoms with van der Waals surface area (Å²) in [5, 5.41) is 4.99. The molecule has 0 aliphatic carbocycles. The summed E-state index contributed by atoms with van der Waals surface area (Å²) in [5.41, 5.74) is 8.16. The summed E-state index contributed by atoms with van der Waals surface area (Å²) < 4.78 is 0. The van der Waals surface area contributed by atoms with Crippen molar-refractivity contribution in [3.05, 3.63) is 16.6 Å². The van der Waals surface area contributed by atoms with Gasteiger partial charge in [0.1, 0.15) is 0 Å². The van der Waals surface area contributed by atoms with Gasteiger partial charge < -0.3 is 11.1 Å². The average Bonchev–Trinajstić information content (AvgIpc) is 2.78. The van der Waals surface area contributed by atoms with E-state index in [0.717, 1.165) is 5.69 Å². The number of hydrogen-bond donors (Lipinski definition) is 2. The van der Waals surface area contributed by atoms with Gasteiger partial charge in [-0.15, -0.1) is 11.3 Å². The molecule has 0 aliphatic heterocycles. The zero-order valence-corrected chi connectivity index (χ0v) is 11.5. The van der Waals surface area contributed by atoms with Crippen LogP contribution < -0.4 is 11.1 Å². The van der Waals surface area contributed by atoms with Crippen LogP contribution in [-0.2, 0) is 11.2 Å². The highest BCUT2D eigenvalue weighted by Crippen LogP contribution is 2.15. The van der Waals surface area contributed by atoms with Gasteiger partial charge in [0.25, 0.3) is 0 Å².